The van der Waals surface area contributed by atoms with Gasteiger partial charge in [-0.15, -0.1) is 0 Å². The second-order valence-corrected chi connectivity index (χ2v) is 8.30. The summed E-state index contributed by atoms with van der Waals surface area (Å²) in [5.74, 6) is 0.828. The van der Waals surface area contributed by atoms with Crippen LogP contribution in [0.3, 0.4) is 0 Å². The van der Waals surface area contributed by atoms with Crippen molar-refractivity contribution in [3.8, 4) is 0 Å². The van der Waals surface area contributed by atoms with Crippen LogP contribution in [0, 0.1) is 11.3 Å². The Labute approximate surface area is 129 Å². The SMILES string of the molecule is CN(C)C1CCC(N[C@@H]2[C@@H]3CCO[C@H]3C23CCCC3)CC1. The van der Waals surface area contributed by atoms with Crippen molar-refractivity contribution in [2.75, 3.05) is 20.7 Å². The van der Waals surface area contributed by atoms with Crippen LogP contribution in [0.15, 0.2) is 0 Å². The average Bonchev–Trinajstić information content (AvgIpc) is 3.13. The highest BCUT2D eigenvalue weighted by Crippen LogP contribution is 2.60. The van der Waals surface area contributed by atoms with Crippen LogP contribution in [0.25, 0.3) is 0 Å². The molecule has 0 aromatic carbocycles. The molecule has 0 amide bonds. The Bertz CT molecular complexity index is 369. The monoisotopic (exact) mass is 292 g/mol. The molecule has 1 heterocycles. The molecule has 1 aliphatic heterocycles. The number of nitrogens with zero attached hydrogens (tertiary/aromatic N) is 1. The molecular weight excluding hydrogens is 260 g/mol. The van der Waals surface area contributed by atoms with Gasteiger partial charge in [0.05, 0.1) is 6.10 Å². The maximum atomic E-state index is 6.11. The van der Waals surface area contributed by atoms with Crippen molar-refractivity contribution < 1.29 is 4.74 Å². The zero-order valence-corrected chi connectivity index (χ0v) is 13.8. The molecule has 1 spiro atoms. The standard InChI is InChI=1S/C18H32N2O/c1-20(2)14-7-5-13(6-8-14)19-16-15-9-12-21-17(15)18(16)10-3-4-11-18/h13-17,19H,3-12H2,1-2H3/t13?,14?,15-,16+,17+/m0/s1. The van der Waals surface area contributed by atoms with E-state index in [4.69, 9.17) is 4.74 Å². The van der Waals surface area contributed by atoms with E-state index >= 15 is 0 Å². The van der Waals surface area contributed by atoms with Gasteiger partial charge < -0.3 is 15.0 Å². The van der Waals surface area contributed by atoms with E-state index in [1.807, 2.05) is 0 Å². The summed E-state index contributed by atoms with van der Waals surface area (Å²) >= 11 is 0. The Kier molecular flexibility index (Phi) is 3.79. The van der Waals surface area contributed by atoms with Crippen LogP contribution in [0.2, 0.25) is 0 Å². The minimum atomic E-state index is 0.527. The van der Waals surface area contributed by atoms with Crippen molar-refractivity contribution in [1.82, 2.24) is 10.2 Å². The number of hydrogen-bond acceptors (Lipinski definition) is 3. The zero-order chi connectivity index (χ0) is 14.4. The van der Waals surface area contributed by atoms with Crippen molar-refractivity contribution in [1.29, 1.82) is 0 Å². The minimum absolute atomic E-state index is 0.527. The molecule has 4 aliphatic rings. The summed E-state index contributed by atoms with van der Waals surface area (Å²) in [7, 11) is 4.47. The van der Waals surface area contributed by atoms with Crippen LogP contribution >= 0.6 is 0 Å². The quantitative estimate of drug-likeness (QED) is 0.865. The van der Waals surface area contributed by atoms with Gasteiger partial charge in [-0.1, -0.05) is 12.8 Å². The van der Waals surface area contributed by atoms with Gasteiger partial charge in [0.25, 0.3) is 0 Å². The Morgan fingerprint density at radius 3 is 2.38 bits per heavy atom. The molecule has 3 nitrogen and oxygen atoms in total. The molecule has 3 aliphatic carbocycles. The van der Waals surface area contributed by atoms with E-state index in [0.29, 0.717) is 11.5 Å². The number of fused-ring (bicyclic) bond motifs is 2. The Morgan fingerprint density at radius 2 is 1.71 bits per heavy atom. The highest BCUT2D eigenvalue weighted by Gasteiger charge is 2.64. The summed E-state index contributed by atoms with van der Waals surface area (Å²) < 4.78 is 6.11. The van der Waals surface area contributed by atoms with Gasteiger partial charge in [0.15, 0.2) is 0 Å². The lowest BCUT2D eigenvalue weighted by Gasteiger charge is -2.58. The lowest BCUT2D eigenvalue weighted by atomic mass is 9.54. The van der Waals surface area contributed by atoms with Gasteiger partial charge in [-0.25, -0.2) is 0 Å². The third-order valence-corrected chi connectivity index (χ3v) is 7.13. The average molecular weight is 292 g/mol. The molecule has 120 valence electrons. The molecule has 0 aromatic rings. The first-order valence-corrected chi connectivity index (χ1v) is 9.25. The molecule has 1 saturated heterocycles. The van der Waals surface area contributed by atoms with Crippen molar-refractivity contribution in [3.05, 3.63) is 0 Å². The minimum Gasteiger partial charge on any atom is -0.377 e. The number of hydrogen-bond donors (Lipinski definition) is 1. The van der Waals surface area contributed by atoms with Crippen molar-refractivity contribution >= 4 is 0 Å². The van der Waals surface area contributed by atoms with Gasteiger partial charge in [0.1, 0.15) is 0 Å². The third kappa shape index (κ3) is 2.27. The molecule has 0 bridgehead atoms. The second kappa shape index (κ2) is 5.50. The number of rotatable bonds is 3. The van der Waals surface area contributed by atoms with Crippen LogP contribution in [0.5, 0.6) is 0 Å². The van der Waals surface area contributed by atoms with E-state index in [9.17, 15) is 0 Å². The highest BCUT2D eigenvalue weighted by atomic mass is 16.5. The van der Waals surface area contributed by atoms with Crippen LogP contribution in [0.1, 0.15) is 57.8 Å². The van der Waals surface area contributed by atoms with E-state index in [2.05, 4.69) is 24.3 Å². The molecule has 4 rings (SSSR count). The molecule has 0 aromatic heterocycles. The molecule has 0 radical (unpaired) electrons. The smallest absolute Gasteiger partial charge is 0.0690 e. The Balaban J connectivity index is 1.38. The van der Waals surface area contributed by atoms with Gasteiger partial charge >= 0.3 is 0 Å². The number of nitrogens with one attached hydrogen (secondary N) is 1. The maximum absolute atomic E-state index is 6.11. The number of ether oxygens (including phenoxy) is 1. The van der Waals surface area contributed by atoms with Gasteiger partial charge in [-0.05, 0) is 59.0 Å². The van der Waals surface area contributed by atoms with Gasteiger partial charge in [0, 0.05) is 36.1 Å². The summed E-state index contributed by atoms with van der Waals surface area (Å²) in [6.07, 6.45) is 13.1. The van der Waals surface area contributed by atoms with Crippen LogP contribution < -0.4 is 5.32 Å². The molecular formula is C18H32N2O. The van der Waals surface area contributed by atoms with Crippen molar-refractivity contribution in [2.24, 2.45) is 11.3 Å². The van der Waals surface area contributed by atoms with Gasteiger partial charge in [0.2, 0.25) is 0 Å². The largest absolute Gasteiger partial charge is 0.377 e. The van der Waals surface area contributed by atoms with E-state index in [1.54, 1.807) is 0 Å². The molecule has 21 heavy (non-hydrogen) atoms. The van der Waals surface area contributed by atoms with Crippen molar-refractivity contribution in [2.45, 2.75) is 82.0 Å². The second-order valence-electron chi connectivity index (χ2n) is 8.30. The molecule has 3 saturated carbocycles. The Morgan fingerprint density at radius 1 is 1.00 bits per heavy atom. The first-order chi connectivity index (χ1) is 10.2. The topological polar surface area (TPSA) is 24.5 Å². The van der Waals surface area contributed by atoms with E-state index < -0.39 is 0 Å². The maximum Gasteiger partial charge on any atom is 0.0690 e. The fourth-order valence-electron chi connectivity index (χ4n) is 5.96. The van der Waals surface area contributed by atoms with Crippen LogP contribution in [-0.4, -0.2) is 49.8 Å². The fraction of sp³-hybridized carbons (Fsp3) is 1.00. The van der Waals surface area contributed by atoms with E-state index in [0.717, 1.165) is 30.7 Å². The predicted octanol–water partition coefficient (Wildman–Crippen LogP) is 2.80. The zero-order valence-electron chi connectivity index (χ0n) is 13.8. The van der Waals surface area contributed by atoms with Gasteiger partial charge in [-0.3, -0.25) is 0 Å². The molecule has 4 fully saturated rings. The predicted molar refractivity (Wildman–Crippen MR) is 85.4 cm³/mol. The molecule has 1 N–H and O–H groups in total. The summed E-state index contributed by atoms with van der Waals surface area (Å²) in [6.45, 7) is 1.02. The Hall–Kier alpha value is -0.120. The summed E-state index contributed by atoms with van der Waals surface area (Å²) in [6, 6.07) is 2.35. The lowest BCUT2D eigenvalue weighted by molar-refractivity contribution is -0.134. The molecule has 3 atom stereocenters. The first-order valence-electron chi connectivity index (χ1n) is 9.25. The van der Waals surface area contributed by atoms with Crippen LogP contribution in [-0.2, 0) is 4.74 Å². The van der Waals surface area contributed by atoms with Crippen LogP contribution in [0.4, 0.5) is 0 Å². The van der Waals surface area contributed by atoms with Crippen molar-refractivity contribution in [3.63, 3.8) is 0 Å². The highest BCUT2D eigenvalue weighted by molar-refractivity contribution is 5.17. The van der Waals surface area contributed by atoms with E-state index in [-0.39, 0.29) is 0 Å². The molecule has 0 unspecified atom stereocenters. The lowest BCUT2D eigenvalue weighted by Crippen LogP contribution is -2.69. The normalized spacial score (nSPS) is 45.0. The fourth-order valence-corrected chi connectivity index (χ4v) is 5.96. The summed E-state index contributed by atoms with van der Waals surface area (Å²) in [5.41, 5.74) is 0.527. The van der Waals surface area contributed by atoms with Gasteiger partial charge in [-0.2, -0.15) is 0 Å². The third-order valence-electron chi connectivity index (χ3n) is 7.13. The molecule has 3 heteroatoms. The van der Waals surface area contributed by atoms with E-state index in [1.165, 1.54) is 57.8 Å². The summed E-state index contributed by atoms with van der Waals surface area (Å²) in [5, 5.41) is 4.12. The summed E-state index contributed by atoms with van der Waals surface area (Å²) in [4.78, 5) is 2.42. The first kappa shape index (κ1) is 14.5.